The molecule has 132 valence electrons. The maximum absolute atomic E-state index is 11.9. The second kappa shape index (κ2) is 9.22. The number of hydrogen-bond donors (Lipinski definition) is 1. The Balaban J connectivity index is 1.73. The fourth-order valence-corrected chi connectivity index (χ4v) is 2.76. The van der Waals surface area contributed by atoms with Crippen LogP contribution in [-0.4, -0.2) is 25.1 Å². The highest BCUT2D eigenvalue weighted by Crippen LogP contribution is 2.25. The Hall–Kier alpha value is -2.34. The van der Waals surface area contributed by atoms with E-state index in [0.29, 0.717) is 5.75 Å². The fourth-order valence-electron chi connectivity index (χ4n) is 2.16. The van der Waals surface area contributed by atoms with Crippen LogP contribution in [-0.2, 0) is 14.3 Å². The van der Waals surface area contributed by atoms with Gasteiger partial charge in [0.05, 0.1) is 10.5 Å². The van der Waals surface area contributed by atoms with Crippen molar-refractivity contribution in [3.63, 3.8) is 0 Å². The molecule has 0 saturated heterocycles. The summed E-state index contributed by atoms with van der Waals surface area (Å²) in [6, 6.07) is 14.9. The van der Waals surface area contributed by atoms with Gasteiger partial charge in [-0.2, -0.15) is 0 Å². The maximum atomic E-state index is 11.9. The van der Waals surface area contributed by atoms with E-state index in [0.717, 1.165) is 15.6 Å². The minimum absolute atomic E-state index is 0.160. The lowest BCUT2D eigenvalue weighted by Gasteiger charge is -2.14. The summed E-state index contributed by atoms with van der Waals surface area (Å²) < 4.78 is 11.1. The highest BCUT2D eigenvalue weighted by molar-refractivity contribution is 9.10. The van der Waals surface area contributed by atoms with E-state index in [2.05, 4.69) is 21.2 Å². The maximum Gasteiger partial charge on any atom is 0.344 e. The SMILES string of the molecule is Cc1ccc(OCC(=O)OCC(=O)N[C@H](C)c2ccccc2)c(Br)c1. The van der Waals surface area contributed by atoms with Gasteiger partial charge < -0.3 is 14.8 Å². The number of ether oxygens (including phenoxy) is 2. The standard InChI is InChI=1S/C19H20BrNO4/c1-13-8-9-17(16(20)10-13)24-12-19(23)25-11-18(22)21-14(2)15-6-4-3-5-7-15/h3-10,14H,11-12H2,1-2H3,(H,21,22)/t14-/m1/s1. The molecule has 0 aromatic heterocycles. The summed E-state index contributed by atoms with van der Waals surface area (Å²) in [5.74, 6) is -0.416. The third-order valence-electron chi connectivity index (χ3n) is 3.47. The quantitative estimate of drug-likeness (QED) is 0.715. The second-order valence-electron chi connectivity index (χ2n) is 5.58. The molecule has 5 nitrogen and oxygen atoms in total. The molecule has 0 radical (unpaired) electrons. The average molecular weight is 406 g/mol. The van der Waals surface area contributed by atoms with E-state index < -0.39 is 5.97 Å². The molecular formula is C19H20BrNO4. The Bertz CT molecular complexity index is 733. The summed E-state index contributed by atoms with van der Waals surface area (Å²) >= 11 is 3.37. The molecule has 0 aliphatic heterocycles. The summed E-state index contributed by atoms with van der Waals surface area (Å²) in [4.78, 5) is 23.6. The van der Waals surface area contributed by atoms with Crippen molar-refractivity contribution in [3.05, 3.63) is 64.1 Å². The molecule has 1 amide bonds. The molecule has 1 atom stereocenters. The second-order valence-corrected chi connectivity index (χ2v) is 6.44. The van der Waals surface area contributed by atoms with E-state index in [1.165, 1.54) is 0 Å². The van der Waals surface area contributed by atoms with Gasteiger partial charge >= 0.3 is 5.97 Å². The van der Waals surface area contributed by atoms with Crippen LogP contribution in [0.3, 0.4) is 0 Å². The minimum atomic E-state index is -0.602. The van der Waals surface area contributed by atoms with Gasteiger partial charge in [-0.05, 0) is 53.0 Å². The van der Waals surface area contributed by atoms with Crippen molar-refractivity contribution < 1.29 is 19.1 Å². The van der Waals surface area contributed by atoms with Crippen LogP contribution in [0.15, 0.2) is 53.0 Å². The van der Waals surface area contributed by atoms with Crippen molar-refractivity contribution in [2.45, 2.75) is 19.9 Å². The molecule has 0 bridgehead atoms. The third-order valence-corrected chi connectivity index (χ3v) is 4.09. The van der Waals surface area contributed by atoms with E-state index in [1.54, 1.807) is 6.07 Å². The van der Waals surface area contributed by atoms with E-state index in [1.807, 2.05) is 56.3 Å². The van der Waals surface area contributed by atoms with Crippen LogP contribution in [0.1, 0.15) is 24.1 Å². The van der Waals surface area contributed by atoms with Gasteiger partial charge in [-0.1, -0.05) is 36.4 Å². The molecule has 0 heterocycles. The molecule has 0 aliphatic carbocycles. The number of benzene rings is 2. The first-order valence-corrected chi connectivity index (χ1v) is 8.64. The predicted octanol–water partition coefficient (Wildman–Crippen LogP) is 3.56. The lowest BCUT2D eigenvalue weighted by atomic mass is 10.1. The fraction of sp³-hybridized carbons (Fsp3) is 0.263. The van der Waals surface area contributed by atoms with Gasteiger partial charge in [0.15, 0.2) is 13.2 Å². The first-order chi connectivity index (χ1) is 12.0. The highest BCUT2D eigenvalue weighted by atomic mass is 79.9. The van der Waals surface area contributed by atoms with Gasteiger partial charge in [-0.3, -0.25) is 4.79 Å². The summed E-state index contributed by atoms with van der Waals surface area (Å²) in [7, 11) is 0. The number of carbonyl (C=O) groups is 2. The van der Waals surface area contributed by atoms with Gasteiger partial charge in [0.2, 0.25) is 0 Å². The summed E-state index contributed by atoms with van der Waals surface area (Å²) in [5.41, 5.74) is 2.06. The predicted molar refractivity (Wildman–Crippen MR) is 98.3 cm³/mol. The number of aryl methyl sites for hydroxylation is 1. The van der Waals surface area contributed by atoms with Crippen LogP contribution in [0.5, 0.6) is 5.75 Å². The number of halogens is 1. The average Bonchev–Trinajstić information content (AvgIpc) is 2.60. The molecule has 0 fully saturated rings. The number of carbonyl (C=O) groups excluding carboxylic acids is 2. The highest BCUT2D eigenvalue weighted by Gasteiger charge is 2.12. The number of esters is 1. The van der Waals surface area contributed by atoms with Crippen LogP contribution in [0.2, 0.25) is 0 Å². The molecule has 0 aliphatic rings. The lowest BCUT2D eigenvalue weighted by molar-refractivity contribution is -0.150. The van der Waals surface area contributed by atoms with E-state index in [-0.39, 0.29) is 25.2 Å². The first-order valence-electron chi connectivity index (χ1n) is 7.84. The van der Waals surface area contributed by atoms with Crippen LogP contribution < -0.4 is 10.1 Å². The summed E-state index contributed by atoms with van der Waals surface area (Å²) in [6.45, 7) is 3.22. The topological polar surface area (TPSA) is 64.6 Å². The zero-order chi connectivity index (χ0) is 18.2. The van der Waals surface area contributed by atoms with E-state index >= 15 is 0 Å². The number of hydrogen-bond acceptors (Lipinski definition) is 4. The molecule has 1 N–H and O–H groups in total. The molecule has 2 rings (SSSR count). The molecule has 25 heavy (non-hydrogen) atoms. The van der Waals surface area contributed by atoms with Gasteiger partial charge in [0.25, 0.3) is 5.91 Å². The Morgan fingerprint density at radius 1 is 1.12 bits per heavy atom. The first kappa shape index (κ1) is 19.0. The van der Waals surface area contributed by atoms with Crippen LogP contribution in [0.4, 0.5) is 0 Å². The van der Waals surface area contributed by atoms with Crippen molar-refractivity contribution in [2.24, 2.45) is 0 Å². The Morgan fingerprint density at radius 2 is 1.84 bits per heavy atom. The van der Waals surface area contributed by atoms with Crippen LogP contribution in [0, 0.1) is 6.92 Å². The van der Waals surface area contributed by atoms with Crippen molar-refractivity contribution in [1.29, 1.82) is 0 Å². The molecule has 6 heteroatoms. The molecule has 0 saturated carbocycles. The van der Waals surface area contributed by atoms with E-state index in [4.69, 9.17) is 9.47 Å². The Morgan fingerprint density at radius 3 is 2.52 bits per heavy atom. The zero-order valence-electron chi connectivity index (χ0n) is 14.1. The monoisotopic (exact) mass is 405 g/mol. The molecule has 2 aromatic carbocycles. The van der Waals surface area contributed by atoms with Crippen molar-refractivity contribution >= 4 is 27.8 Å². The summed E-state index contributed by atoms with van der Waals surface area (Å²) in [5, 5.41) is 2.78. The van der Waals surface area contributed by atoms with E-state index in [9.17, 15) is 9.59 Å². The number of nitrogens with one attached hydrogen (secondary N) is 1. The molecule has 0 unspecified atom stereocenters. The Kier molecular flexibility index (Phi) is 7.01. The van der Waals surface area contributed by atoms with Crippen molar-refractivity contribution in [3.8, 4) is 5.75 Å². The van der Waals surface area contributed by atoms with Crippen LogP contribution >= 0.6 is 15.9 Å². The lowest BCUT2D eigenvalue weighted by Crippen LogP contribution is -2.31. The van der Waals surface area contributed by atoms with Gasteiger partial charge in [0.1, 0.15) is 5.75 Å². The van der Waals surface area contributed by atoms with Crippen molar-refractivity contribution in [2.75, 3.05) is 13.2 Å². The molecule has 2 aromatic rings. The van der Waals surface area contributed by atoms with Gasteiger partial charge in [0, 0.05) is 0 Å². The zero-order valence-corrected chi connectivity index (χ0v) is 15.7. The number of rotatable bonds is 7. The normalized spacial score (nSPS) is 11.5. The van der Waals surface area contributed by atoms with Crippen LogP contribution in [0.25, 0.3) is 0 Å². The summed E-state index contributed by atoms with van der Waals surface area (Å²) in [6.07, 6.45) is 0. The minimum Gasteiger partial charge on any atom is -0.481 e. The Labute approximate surface area is 155 Å². The third kappa shape index (κ3) is 6.23. The smallest absolute Gasteiger partial charge is 0.344 e. The largest absolute Gasteiger partial charge is 0.481 e. The van der Waals surface area contributed by atoms with Gasteiger partial charge in [-0.15, -0.1) is 0 Å². The molecular weight excluding hydrogens is 386 g/mol. The van der Waals surface area contributed by atoms with Gasteiger partial charge in [-0.25, -0.2) is 4.79 Å². The van der Waals surface area contributed by atoms with Crippen molar-refractivity contribution in [1.82, 2.24) is 5.32 Å². The molecule has 0 spiro atoms. The number of amides is 1.